The summed E-state index contributed by atoms with van der Waals surface area (Å²) >= 11 is 0. The molecule has 0 aliphatic carbocycles. The Bertz CT molecular complexity index is 357. The van der Waals surface area contributed by atoms with Crippen LogP contribution in [0.3, 0.4) is 0 Å². The fraction of sp³-hybridized carbons (Fsp3) is 0.688. The molecule has 3 nitrogen and oxygen atoms in total. The molecule has 0 atom stereocenters. The third-order valence-electron chi connectivity index (χ3n) is 3.75. The van der Waals surface area contributed by atoms with Crippen LogP contribution >= 0.6 is 0 Å². The van der Waals surface area contributed by atoms with Crippen LogP contribution < -0.4 is 10.2 Å². The van der Waals surface area contributed by atoms with Crippen molar-refractivity contribution in [2.24, 2.45) is 0 Å². The molecule has 0 spiro atoms. The second-order valence-electron chi connectivity index (χ2n) is 5.44. The highest BCUT2D eigenvalue weighted by atomic mass is 15.1. The lowest BCUT2D eigenvalue weighted by Gasteiger charge is -2.27. The van der Waals surface area contributed by atoms with Crippen molar-refractivity contribution in [3.05, 3.63) is 24.0 Å². The average Bonchev–Trinajstić information content (AvgIpc) is 2.39. The standard InChI is InChI=1S/C16H27N3/c1-2-9-17-14-15-13-16(8-10-18-15)19-11-6-4-3-5-7-12-19/h8,10,13,17H,2-7,9,11-12,14H2,1H3. The first kappa shape index (κ1) is 14.3. The van der Waals surface area contributed by atoms with Gasteiger partial charge in [-0.3, -0.25) is 4.98 Å². The number of anilines is 1. The molecule has 0 bridgehead atoms. The second kappa shape index (κ2) is 8.16. The van der Waals surface area contributed by atoms with E-state index in [0.717, 1.165) is 18.8 Å². The molecule has 1 aliphatic rings. The molecule has 1 saturated heterocycles. The van der Waals surface area contributed by atoms with Gasteiger partial charge in [0.05, 0.1) is 5.69 Å². The lowest BCUT2D eigenvalue weighted by Crippen LogP contribution is -2.27. The van der Waals surface area contributed by atoms with E-state index in [2.05, 4.69) is 34.3 Å². The Balaban J connectivity index is 1.95. The van der Waals surface area contributed by atoms with Gasteiger partial charge in [0.25, 0.3) is 0 Å². The summed E-state index contributed by atoms with van der Waals surface area (Å²) in [6.07, 6.45) is 9.95. The molecule has 1 N–H and O–H groups in total. The van der Waals surface area contributed by atoms with Gasteiger partial charge in [-0.1, -0.05) is 26.2 Å². The van der Waals surface area contributed by atoms with E-state index in [0.29, 0.717) is 0 Å². The topological polar surface area (TPSA) is 28.2 Å². The molecule has 0 unspecified atom stereocenters. The summed E-state index contributed by atoms with van der Waals surface area (Å²) in [5.41, 5.74) is 2.51. The normalized spacial score (nSPS) is 17.0. The van der Waals surface area contributed by atoms with Crippen molar-refractivity contribution in [3.63, 3.8) is 0 Å². The average molecular weight is 261 g/mol. The van der Waals surface area contributed by atoms with Crippen molar-refractivity contribution >= 4 is 5.69 Å². The Morgan fingerprint density at radius 1 is 1.16 bits per heavy atom. The van der Waals surface area contributed by atoms with Crippen LogP contribution in [0.1, 0.15) is 51.1 Å². The number of nitrogens with one attached hydrogen (secondary N) is 1. The molecule has 1 aliphatic heterocycles. The molecule has 2 rings (SSSR count). The summed E-state index contributed by atoms with van der Waals surface area (Å²) in [6.45, 7) is 6.54. The Hall–Kier alpha value is -1.09. The zero-order valence-corrected chi connectivity index (χ0v) is 12.2. The third kappa shape index (κ3) is 4.83. The number of pyridine rings is 1. The maximum Gasteiger partial charge on any atom is 0.0562 e. The van der Waals surface area contributed by atoms with Crippen LogP contribution in [0.25, 0.3) is 0 Å². The minimum Gasteiger partial charge on any atom is -0.371 e. The third-order valence-corrected chi connectivity index (χ3v) is 3.75. The maximum absolute atomic E-state index is 4.46. The van der Waals surface area contributed by atoms with Crippen LogP contribution in [0.2, 0.25) is 0 Å². The zero-order valence-electron chi connectivity index (χ0n) is 12.2. The summed E-state index contributed by atoms with van der Waals surface area (Å²) in [4.78, 5) is 6.99. The predicted octanol–water partition coefficient (Wildman–Crippen LogP) is 3.35. The molecular weight excluding hydrogens is 234 g/mol. The highest BCUT2D eigenvalue weighted by molar-refractivity contribution is 5.46. The van der Waals surface area contributed by atoms with Crippen LogP contribution in [0, 0.1) is 0 Å². The summed E-state index contributed by atoms with van der Waals surface area (Å²) in [7, 11) is 0. The van der Waals surface area contributed by atoms with Crippen LogP contribution in [0.5, 0.6) is 0 Å². The summed E-state index contributed by atoms with van der Waals surface area (Å²) in [6, 6.07) is 4.41. The smallest absolute Gasteiger partial charge is 0.0562 e. The van der Waals surface area contributed by atoms with Crippen molar-refractivity contribution in [1.29, 1.82) is 0 Å². The number of nitrogens with zero attached hydrogens (tertiary/aromatic N) is 2. The number of aromatic nitrogens is 1. The first-order valence-electron chi connectivity index (χ1n) is 7.80. The summed E-state index contributed by atoms with van der Waals surface area (Å²) in [5.74, 6) is 0. The van der Waals surface area contributed by atoms with E-state index >= 15 is 0 Å². The largest absolute Gasteiger partial charge is 0.371 e. The molecule has 0 amide bonds. The molecule has 0 aromatic carbocycles. The molecule has 1 fully saturated rings. The molecular formula is C16H27N3. The van der Waals surface area contributed by atoms with Gasteiger partial charge >= 0.3 is 0 Å². The van der Waals surface area contributed by atoms with Gasteiger partial charge in [-0.15, -0.1) is 0 Å². The highest BCUT2D eigenvalue weighted by Gasteiger charge is 2.09. The maximum atomic E-state index is 4.46. The number of rotatable bonds is 5. The monoisotopic (exact) mass is 261 g/mol. The first-order valence-corrected chi connectivity index (χ1v) is 7.80. The van der Waals surface area contributed by atoms with E-state index in [9.17, 15) is 0 Å². The van der Waals surface area contributed by atoms with Crippen LogP contribution in [-0.2, 0) is 6.54 Å². The Morgan fingerprint density at radius 2 is 1.89 bits per heavy atom. The number of hydrogen-bond donors (Lipinski definition) is 1. The molecule has 1 aromatic rings. The van der Waals surface area contributed by atoms with E-state index in [-0.39, 0.29) is 0 Å². The summed E-state index contributed by atoms with van der Waals surface area (Å²) in [5, 5.41) is 3.42. The molecule has 106 valence electrons. The predicted molar refractivity (Wildman–Crippen MR) is 81.5 cm³/mol. The lowest BCUT2D eigenvalue weighted by molar-refractivity contribution is 0.556. The van der Waals surface area contributed by atoms with E-state index in [1.807, 2.05) is 6.20 Å². The van der Waals surface area contributed by atoms with Crippen LogP contribution in [-0.4, -0.2) is 24.6 Å². The van der Waals surface area contributed by atoms with Gasteiger partial charge in [-0.25, -0.2) is 0 Å². The van der Waals surface area contributed by atoms with Crippen molar-refractivity contribution in [3.8, 4) is 0 Å². The van der Waals surface area contributed by atoms with Crippen molar-refractivity contribution in [2.75, 3.05) is 24.5 Å². The lowest BCUT2D eigenvalue weighted by atomic mass is 10.1. The zero-order chi connectivity index (χ0) is 13.3. The second-order valence-corrected chi connectivity index (χ2v) is 5.44. The quantitative estimate of drug-likeness (QED) is 0.824. The van der Waals surface area contributed by atoms with Crippen LogP contribution in [0.4, 0.5) is 5.69 Å². The molecule has 1 aromatic heterocycles. The summed E-state index contributed by atoms with van der Waals surface area (Å²) < 4.78 is 0. The SMILES string of the molecule is CCCNCc1cc(N2CCCCCCC2)ccn1. The van der Waals surface area contributed by atoms with Gasteiger partial charge in [0, 0.05) is 31.5 Å². The van der Waals surface area contributed by atoms with Gasteiger partial charge in [-0.2, -0.15) is 0 Å². The minimum absolute atomic E-state index is 0.884. The molecule has 0 saturated carbocycles. The Labute approximate surface area is 117 Å². The van der Waals surface area contributed by atoms with E-state index < -0.39 is 0 Å². The fourth-order valence-corrected chi connectivity index (χ4v) is 2.66. The molecule has 3 heteroatoms. The fourth-order valence-electron chi connectivity index (χ4n) is 2.66. The molecule has 19 heavy (non-hydrogen) atoms. The Kier molecular flexibility index (Phi) is 6.15. The van der Waals surface area contributed by atoms with Gasteiger partial charge in [0.15, 0.2) is 0 Å². The van der Waals surface area contributed by atoms with E-state index in [1.54, 1.807) is 0 Å². The van der Waals surface area contributed by atoms with E-state index in [4.69, 9.17) is 0 Å². The van der Waals surface area contributed by atoms with Crippen molar-refractivity contribution in [2.45, 2.75) is 52.0 Å². The molecule has 2 heterocycles. The van der Waals surface area contributed by atoms with Crippen molar-refractivity contribution in [1.82, 2.24) is 10.3 Å². The van der Waals surface area contributed by atoms with Gasteiger partial charge < -0.3 is 10.2 Å². The minimum atomic E-state index is 0.884. The van der Waals surface area contributed by atoms with Gasteiger partial charge in [0.2, 0.25) is 0 Å². The van der Waals surface area contributed by atoms with Gasteiger partial charge in [-0.05, 0) is 37.9 Å². The van der Waals surface area contributed by atoms with Crippen molar-refractivity contribution < 1.29 is 0 Å². The Morgan fingerprint density at radius 3 is 2.63 bits per heavy atom. The first-order chi connectivity index (χ1) is 9.40. The molecule has 0 radical (unpaired) electrons. The number of hydrogen-bond acceptors (Lipinski definition) is 3. The highest BCUT2D eigenvalue weighted by Crippen LogP contribution is 2.19. The van der Waals surface area contributed by atoms with Crippen LogP contribution in [0.15, 0.2) is 18.3 Å². The van der Waals surface area contributed by atoms with E-state index in [1.165, 1.54) is 57.3 Å². The van der Waals surface area contributed by atoms with Gasteiger partial charge in [0.1, 0.15) is 0 Å².